The lowest BCUT2D eigenvalue weighted by Gasteiger charge is -2.10. The first kappa shape index (κ1) is 14.0. The molecule has 7 heteroatoms. The number of methoxy groups -OCH3 is 1. The Labute approximate surface area is 120 Å². The zero-order valence-corrected chi connectivity index (χ0v) is 11.3. The zero-order valence-electron chi connectivity index (χ0n) is 10.6. The van der Waals surface area contributed by atoms with E-state index in [4.69, 9.17) is 22.1 Å². The summed E-state index contributed by atoms with van der Waals surface area (Å²) in [6, 6.07) is 9.53. The Hall–Kier alpha value is -2.47. The van der Waals surface area contributed by atoms with Gasteiger partial charge in [-0.15, -0.1) is 0 Å². The molecule has 0 spiro atoms. The van der Waals surface area contributed by atoms with Crippen LogP contribution in [-0.2, 0) is 0 Å². The Morgan fingerprint density at radius 2 is 2.05 bits per heavy atom. The van der Waals surface area contributed by atoms with Crippen LogP contribution in [0.5, 0.6) is 5.75 Å². The number of nitrogens with two attached hydrogens (primary N) is 1. The van der Waals surface area contributed by atoms with E-state index in [1.807, 2.05) is 0 Å². The molecule has 0 radical (unpaired) electrons. The zero-order chi connectivity index (χ0) is 14.7. The number of nitro benzene ring substituents is 1. The van der Waals surface area contributed by atoms with E-state index in [2.05, 4.69) is 5.32 Å². The van der Waals surface area contributed by atoms with Crippen LogP contribution in [0.15, 0.2) is 36.4 Å². The van der Waals surface area contributed by atoms with Gasteiger partial charge in [0, 0.05) is 17.8 Å². The van der Waals surface area contributed by atoms with Gasteiger partial charge in [0.1, 0.15) is 11.4 Å². The van der Waals surface area contributed by atoms with Crippen molar-refractivity contribution in [3.8, 4) is 5.75 Å². The lowest BCUT2D eigenvalue weighted by molar-refractivity contribution is -0.383. The topological polar surface area (TPSA) is 90.4 Å². The summed E-state index contributed by atoms with van der Waals surface area (Å²) in [6.07, 6.45) is 0. The van der Waals surface area contributed by atoms with E-state index in [1.54, 1.807) is 31.4 Å². The number of benzene rings is 2. The first-order valence-electron chi connectivity index (χ1n) is 5.65. The summed E-state index contributed by atoms with van der Waals surface area (Å²) in [4.78, 5) is 10.2. The number of nitrogen functional groups attached to an aromatic ring is 1. The summed E-state index contributed by atoms with van der Waals surface area (Å²) in [7, 11) is 1.55. The summed E-state index contributed by atoms with van der Waals surface area (Å²) < 4.78 is 5.11. The molecule has 0 saturated carbocycles. The molecule has 0 aromatic heterocycles. The minimum Gasteiger partial charge on any atom is -0.497 e. The molecule has 0 aliphatic rings. The number of hydrogen-bond acceptors (Lipinski definition) is 5. The summed E-state index contributed by atoms with van der Waals surface area (Å²) in [6.45, 7) is 0. The molecule has 2 aromatic carbocycles. The Bertz CT molecular complexity index is 661. The van der Waals surface area contributed by atoms with Gasteiger partial charge in [0.05, 0.1) is 22.7 Å². The number of ether oxygens (including phenoxy) is 1. The van der Waals surface area contributed by atoms with Crippen molar-refractivity contribution in [1.29, 1.82) is 0 Å². The van der Waals surface area contributed by atoms with Gasteiger partial charge in [-0.1, -0.05) is 11.6 Å². The molecule has 0 aliphatic heterocycles. The first-order valence-corrected chi connectivity index (χ1v) is 6.03. The maximum absolute atomic E-state index is 10.7. The molecular formula is C13H12ClN3O3. The molecule has 0 atom stereocenters. The molecule has 20 heavy (non-hydrogen) atoms. The van der Waals surface area contributed by atoms with Crippen molar-refractivity contribution in [2.24, 2.45) is 0 Å². The minimum absolute atomic E-state index is 0.0824. The molecule has 0 amide bonds. The van der Waals surface area contributed by atoms with Gasteiger partial charge in [0.2, 0.25) is 0 Å². The molecular weight excluding hydrogens is 282 g/mol. The van der Waals surface area contributed by atoms with Gasteiger partial charge in [0.15, 0.2) is 0 Å². The monoisotopic (exact) mass is 293 g/mol. The second-order valence-electron chi connectivity index (χ2n) is 4.00. The summed E-state index contributed by atoms with van der Waals surface area (Å²) in [5, 5.41) is 14.2. The lowest BCUT2D eigenvalue weighted by atomic mass is 10.2. The van der Waals surface area contributed by atoms with Gasteiger partial charge in [-0.25, -0.2) is 0 Å². The van der Waals surface area contributed by atoms with Crippen LogP contribution in [0.25, 0.3) is 0 Å². The van der Waals surface area contributed by atoms with Crippen LogP contribution in [0.4, 0.5) is 22.7 Å². The Morgan fingerprint density at radius 3 is 2.65 bits per heavy atom. The lowest BCUT2D eigenvalue weighted by Crippen LogP contribution is -1.98. The third-order valence-corrected chi connectivity index (χ3v) is 3.01. The van der Waals surface area contributed by atoms with E-state index in [9.17, 15) is 10.1 Å². The fourth-order valence-electron chi connectivity index (χ4n) is 1.68. The number of anilines is 3. The van der Waals surface area contributed by atoms with Crippen molar-refractivity contribution in [3.05, 3.63) is 51.5 Å². The number of nitrogens with one attached hydrogen (secondary N) is 1. The first-order chi connectivity index (χ1) is 9.51. The Balaban J connectivity index is 2.30. The smallest absolute Gasteiger partial charge is 0.292 e. The van der Waals surface area contributed by atoms with E-state index < -0.39 is 4.92 Å². The van der Waals surface area contributed by atoms with Crippen molar-refractivity contribution in [3.63, 3.8) is 0 Å². The van der Waals surface area contributed by atoms with Crippen molar-refractivity contribution in [2.75, 3.05) is 18.2 Å². The number of nitrogens with zero attached hydrogens (tertiary/aromatic N) is 1. The molecule has 0 unspecified atom stereocenters. The van der Waals surface area contributed by atoms with Crippen LogP contribution in [0.3, 0.4) is 0 Å². The summed E-state index contributed by atoms with van der Waals surface area (Å²) >= 11 is 6.07. The van der Waals surface area contributed by atoms with Crippen LogP contribution in [-0.4, -0.2) is 12.0 Å². The fraction of sp³-hybridized carbons (Fsp3) is 0.0769. The Kier molecular flexibility index (Phi) is 3.95. The average Bonchev–Trinajstić information content (AvgIpc) is 2.41. The van der Waals surface area contributed by atoms with Crippen molar-refractivity contribution < 1.29 is 9.66 Å². The third kappa shape index (κ3) is 2.92. The quantitative estimate of drug-likeness (QED) is 0.511. The van der Waals surface area contributed by atoms with Gasteiger partial charge in [-0.2, -0.15) is 0 Å². The predicted octanol–water partition coefficient (Wildman–Crippen LogP) is 3.58. The molecule has 2 aromatic rings. The molecule has 6 nitrogen and oxygen atoms in total. The molecule has 0 saturated heterocycles. The minimum atomic E-state index is -0.530. The van der Waals surface area contributed by atoms with E-state index in [1.165, 1.54) is 12.1 Å². The van der Waals surface area contributed by atoms with Crippen LogP contribution in [0, 0.1) is 10.1 Å². The van der Waals surface area contributed by atoms with Gasteiger partial charge >= 0.3 is 0 Å². The highest BCUT2D eigenvalue weighted by molar-refractivity contribution is 6.33. The summed E-state index contributed by atoms with van der Waals surface area (Å²) in [5.41, 5.74) is 6.81. The van der Waals surface area contributed by atoms with E-state index in [-0.39, 0.29) is 11.4 Å². The van der Waals surface area contributed by atoms with Gasteiger partial charge < -0.3 is 15.8 Å². The van der Waals surface area contributed by atoms with Crippen LogP contribution >= 0.6 is 11.6 Å². The third-order valence-electron chi connectivity index (χ3n) is 2.68. The van der Waals surface area contributed by atoms with E-state index in [0.717, 1.165) is 0 Å². The van der Waals surface area contributed by atoms with Crippen LogP contribution < -0.4 is 15.8 Å². The highest BCUT2D eigenvalue weighted by Gasteiger charge is 2.11. The number of nitro groups is 1. The summed E-state index contributed by atoms with van der Waals surface area (Å²) in [5.74, 6) is 0.645. The number of hydrogen-bond donors (Lipinski definition) is 2. The maximum Gasteiger partial charge on any atom is 0.292 e. The Morgan fingerprint density at radius 1 is 1.30 bits per heavy atom. The highest BCUT2D eigenvalue weighted by Crippen LogP contribution is 2.31. The second-order valence-corrected chi connectivity index (χ2v) is 4.41. The SMILES string of the molecule is COc1ccc(Cl)c(Nc2ccc([N+](=O)[O-])c(N)c2)c1. The molecule has 0 aliphatic carbocycles. The van der Waals surface area contributed by atoms with Gasteiger partial charge in [-0.3, -0.25) is 10.1 Å². The normalized spacial score (nSPS) is 10.1. The van der Waals surface area contributed by atoms with E-state index in [0.29, 0.717) is 22.1 Å². The average molecular weight is 294 g/mol. The number of rotatable bonds is 4. The van der Waals surface area contributed by atoms with Crippen molar-refractivity contribution in [2.45, 2.75) is 0 Å². The van der Waals surface area contributed by atoms with Crippen LogP contribution in [0.2, 0.25) is 5.02 Å². The molecule has 0 fully saturated rings. The molecule has 104 valence electrons. The van der Waals surface area contributed by atoms with E-state index >= 15 is 0 Å². The van der Waals surface area contributed by atoms with Gasteiger partial charge in [0.25, 0.3) is 5.69 Å². The molecule has 0 heterocycles. The second kappa shape index (κ2) is 5.66. The molecule has 2 rings (SSSR count). The fourth-order valence-corrected chi connectivity index (χ4v) is 1.85. The van der Waals surface area contributed by atoms with Crippen molar-refractivity contribution in [1.82, 2.24) is 0 Å². The predicted molar refractivity (Wildman–Crippen MR) is 78.8 cm³/mol. The standard InChI is InChI=1S/C13H12ClN3O3/c1-20-9-3-4-10(14)12(7-9)16-8-2-5-13(17(18)19)11(15)6-8/h2-7,16H,15H2,1H3. The molecule has 3 N–H and O–H groups in total. The highest BCUT2D eigenvalue weighted by atomic mass is 35.5. The van der Waals surface area contributed by atoms with Gasteiger partial charge in [-0.05, 0) is 24.3 Å². The van der Waals surface area contributed by atoms with Crippen molar-refractivity contribution >= 4 is 34.4 Å². The number of halogens is 1. The largest absolute Gasteiger partial charge is 0.497 e. The maximum atomic E-state index is 10.7. The van der Waals surface area contributed by atoms with Crippen LogP contribution in [0.1, 0.15) is 0 Å². The molecule has 0 bridgehead atoms.